The van der Waals surface area contributed by atoms with Crippen LogP contribution >= 0.6 is 0 Å². The van der Waals surface area contributed by atoms with Crippen LogP contribution < -0.4 is 5.32 Å². The first-order valence-electron chi connectivity index (χ1n) is 8.51. The number of hydrogen-bond donors (Lipinski definition) is 2. The second kappa shape index (κ2) is 9.15. The Balaban J connectivity index is 1.72. The standard InChI is InChI=1S/C18H23FN2O4/c19-14-4-3-5-15(12-14)20-18(25)13-8-10-21(11-9-13)16(22)6-1-2-7-17(23)24/h3-5,12-13H,1-2,6-11H2,(H,20,25)(H,23,24). The molecule has 0 atom stereocenters. The lowest BCUT2D eigenvalue weighted by Gasteiger charge is -2.31. The predicted molar refractivity (Wildman–Crippen MR) is 90.4 cm³/mol. The third kappa shape index (κ3) is 6.17. The fraction of sp³-hybridized carbons (Fsp3) is 0.500. The second-order valence-corrected chi connectivity index (χ2v) is 6.26. The van der Waals surface area contributed by atoms with Gasteiger partial charge in [-0.25, -0.2) is 4.39 Å². The summed E-state index contributed by atoms with van der Waals surface area (Å²) in [7, 11) is 0. The minimum atomic E-state index is -0.849. The Morgan fingerprint density at radius 1 is 1.16 bits per heavy atom. The Hall–Kier alpha value is -2.44. The summed E-state index contributed by atoms with van der Waals surface area (Å²) in [5.41, 5.74) is 0.432. The third-order valence-corrected chi connectivity index (χ3v) is 4.34. The van der Waals surface area contributed by atoms with Crippen LogP contribution in [0.25, 0.3) is 0 Å². The maximum atomic E-state index is 13.1. The van der Waals surface area contributed by atoms with E-state index in [1.54, 1.807) is 11.0 Å². The second-order valence-electron chi connectivity index (χ2n) is 6.26. The number of nitrogens with zero attached hydrogens (tertiary/aromatic N) is 1. The molecule has 1 aromatic rings. The van der Waals surface area contributed by atoms with E-state index in [0.29, 0.717) is 50.9 Å². The summed E-state index contributed by atoms with van der Waals surface area (Å²) in [6.07, 6.45) is 2.62. The number of carboxylic acid groups (broad SMARTS) is 1. The monoisotopic (exact) mass is 350 g/mol. The van der Waals surface area contributed by atoms with Crippen LogP contribution in [0.2, 0.25) is 0 Å². The normalized spacial score (nSPS) is 15.0. The number of rotatable bonds is 7. The molecule has 2 rings (SSSR count). The third-order valence-electron chi connectivity index (χ3n) is 4.34. The number of amides is 2. The molecule has 1 aliphatic heterocycles. The van der Waals surface area contributed by atoms with Gasteiger partial charge in [-0.3, -0.25) is 14.4 Å². The minimum absolute atomic E-state index is 0.00868. The van der Waals surface area contributed by atoms with E-state index >= 15 is 0 Å². The number of carbonyl (C=O) groups excluding carboxylic acids is 2. The van der Waals surface area contributed by atoms with Gasteiger partial charge in [0.05, 0.1) is 0 Å². The highest BCUT2D eigenvalue weighted by atomic mass is 19.1. The summed E-state index contributed by atoms with van der Waals surface area (Å²) < 4.78 is 13.1. The Morgan fingerprint density at radius 2 is 1.84 bits per heavy atom. The molecular weight excluding hydrogens is 327 g/mol. The maximum Gasteiger partial charge on any atom is 0.303 e. The average Bonchev–Trinajstić information content (AvgIpc) is 2.58. The number of carbonyl (C=O) groups is 3. The molecular formula is C18H23FN2O4. The minimum Gasteiger partial charge on any atom is -0.481 e. The van der Waals surface area contributed by atoms with Gasteiger partial charge < -0.3 is 15.3 Å². The summed E-state index contributed by atoms with van der Waals surface area (Å²) in [4.78, 5) is 36.5. The number of unbranched alkanes of at least 4 members (excludes halogenated alkanes) is 1. The van der Waals surface area contributed by atoms with Crippen molar-refractivity contribution in [2.45, 2.75) is 38.5 Å². The van der Waals surface area contributed by atoms with Gasteiger partial charge in [-0.05, 0) is 43.9 Å². The summed E-state index contributed by atoms with van der Waals surface area (Å²) in [5.74, 6) is -1.59. The lowest BCUT2D eigenvalue weighted by Crippen LogP contribution is -2.41. The van der Waals surface area contributed by atoms with E-state index < -0.39 is 11.8 Å². The molecule has 6 nitrogen and oxygen atoms in total. The van der Waals surface area contributed by atoms with E-state index in [2.05, 4.69) is 5.32 Å². The molecule has 1 saturated heterocycles. The molecule has 25 heavy (non-hydrogen) atoms. The lowest BCUT2D eigenvalue weighted by molar-refractivity contribution is -0.138. The number of piperidine rings is 1. The highest BCUT2D eigenvalue weighted by Gasteiger charge is 2.27. The maximum absolute atomic E-state index is 13.1. The van der Waals surface area contributed by atoms with Crippen LogP contribution in [-0.2, 0) is 14.4 Å². The van der Waals surface area contributed by atoms with Crippen LogP contribution in [-0.4, -0.2) is 40.9 Å². The Kier molecular flexibility index (Phi) is 6.91. The van der Waals surface area contributed by atoms with E-state index in [1.165, 1.54) is 18.2 Å². The van der Waals surface area contributed by atoms with Crippen LogP contribution in [0.5, 0.6) is 0 Å². The van der Waals surface area contributed by atoms with E-state index in [0.717, 1.165) is 0 Å². The number of anilines is 1. The van der Waals surface area contributed by atoms with Crippen LogP contribution in [0.1, 0.15) is 38.5 Å². The molecule has 1 aliphatic rings. The van der Waals surface area contributed by atoms with Crippen molar-refractivity contribution >= 4 is 23.5 Å². The number of halogens is 1. The highest BCUT2D eigenvalue weighted by molar-refractivity contribution is 5.92. The predicted octanol–water partition coefficient (Wildman–Crippen LogP) is 2.65. The smallest absolute Gasteiger partial charge is 0.303 e. The molecule has 2 amide bonds. The molecule has 0 radical (unpaired) electrons. The van der Waals surface area contributed by atoms with Crippen molar-refractivity contribution in [1.82, 2.24) is 4.90 Å². The van der Waals surface area contributed by atoms with Crippen LogP contribution in [0.4, 0.5) is 10.1 Å². The number of benzene rings is 1. The molecule has 2 N–H and O–H groups in total. The van der Waals surface area contributed by atoms with Crippen LogP contribution in [0.15, 0.2) is 24.3 Å². The zero-order chi connectivity index (χ0) is 18.2. The topological polar surface area (TPSA) is 86.7 Å². The van der Waals surface area contributed by atoms with E-state index in [9.17, 15) is 18.8 Å². The van der Waals surface area contributed by atoms with Crippen LogP contribution in [0, 0.1) is 11.7 Å². The van der Waals surface area contributed by atoms with Gasteiger partial charge in [-0.2, -0.15) is 0 Å². The number of likely N-dealkylation sites (tertiary alicyclic amines) is 1. The van der Waals surface area contributed by atoms with Crippen molar-refractivity contribution in [2.75, 3.05) is 18.4 Å². The van der Waals surface area contributed by atoms with Crippen LogP contribution in [0.3, 0.4) is 0 Å². The van der Waals surface area contributed by atoms with E-state index in [-0.39, 0.29) is 24.2 Å². The Morgan fingerprint density at radius 3 is 2.48 bits per heavy atom. The molecule has 0 spiro atoms. The van der Waals surface area contributed by atoms with Crippen molar-refractivity contribution in [3.63, 3.8) is 0 Å². The van der Waals surface area contributed by atoms with Gasteiger partial charge in [0.2, 0.25) is 11.8 Å². The molecule has 0 unspecified atom stereocenters. The SMILES string of the molecule is O=C(O)CCCCC(=O)N1CCC(C(=O)Nc2cccc(F)c2)CC1. The van der Waals surface area contributed by atoms with Crippen molar-refractivity contribution in [2.24, 2.45) is 5.92 Å². The summed E-state index contributed by atoms with van der Waals surface area (Å²) in [6.45, 7) is 1.03. The number of nitrogens with one attached hydrogen (secondary N) is 1. The van der Waals surface area contributed by atoms with Gasteiger partial charge in [-0.15, -0.1) is 0 Å². The number of aliphatic carboxylic acids is 1. The largest absolute Gasteiger partial charge is 0.481 e. The van der Waals surface area contributed by atoms with Gasteiger partial charge in [0, 0.05) is 37.5 Å². The molecule has 0 aromatic heterocycles. The average molecular weight is 350 g/mol. The van der Waals surface area contributed by atoms with Gasteiger partial charge in [0.15, 0.2) is 0 Å². The van der Waals surface area contributed by atoms with E-state index in [1.807, 2.05) is 0 Å². The zero-order valence-corrected chi connectivity index (χ0v) is 14.0. The molecule has 0 bridgehead atoms. The van der Waals surface area contributed by atoms with Gasteiger partial charge in [0.25, 0.3) is 0 Å². The molecule has 0 aliphatic carbocycles. The lowest BCUT2D eigenvalue weighted by atomic mass is 9.95. The fourth-order valence-electron chi connectivity index (χ4n) is 2.91. The summed E-state index contributed by atoms with van der Waals surface area (Å²) in [6, 6.07) is 5.76. The first kappa shape index (κ1) is 18.9. The van der Waals surface area contributed by atoms with Crippen molar-refractivity contribution in [3.05, 3.63) is 30.1 Å². The summed E-state index contributed by atoms with van der Waals surface area (Å²) in [5, 5.41) is 11.3. The molecule has 1 fully saturated rings. The Bertz CT molecular complexity index is 627. The number of hydrogen-bond acceptors (Lipinski definition) is 3. The highest BCUT2D eigenvalue weighted by Crippen LogP contribution is 2.21. The molecule has 1 aromatic carbocycles. The Labute approximate surface area is 146 Å². The molecule has 7 heteroatoms. The van der Waals surface area contributed by atoms with Crippen molar-refractivity contribution < 1.29 is 23.9 Å². The molecule has 1 heterocycles. The first-order chi connectivity index (χ1) is 12.0. The molecule has 136 valence electrons. The van der Waals surface area contributed by atoms with Crippen molar-refractivity contribution in [3.8, 4) is 0 Å². The number of carboxylic acids is 1. The fourth-order valence-corrected chi connectivity index (χ4v) is 2.91. The quantitative estimate of drug-likeness (QED) is 0.740. The summed E-state index contributed by atoms with van der Waals surface area (Å²) >= 11 is 0. The first-order valence-corrected chi connectivity index (χ1v) is 8.51. The molecule has 0 saturated carbocycles. The van der Waals surface area contributed by atoms with E-state index in [4.69, 9.17) is 5.11 Å². The van der Waals surface area contributed by atoms with Crippen molar-refractivity contribution in [1.29, 1.82) is 0 Å². The zero-order valence-electron chi connectivity index (χ0n) is 14.0. The van der Waals surface area contributed by atoms with Gasteiger partial charge in [0.1, 0.15) is 5.82 Å². The van der Waals surface area contributed by atoms with Gasteiger partial charge >= 0.3 is 5.97 Å². The van der Waals surface area contributed by atoms with Gasteiger partial charge in [-0.1, -0.05) is 6.07 Å².